The third-order valence-corrected chi connectivity index (χ3v) is 6.39. The Kier molecular flexibility index (Phi) is 8.07. The summed E-state index contributed by atoms with van der Waals surface area (Å²) >= 11 is 1.23. The number of amides is 1. The number of aromatic nitrogens is 6. The molecule has 0 aliphatic heterocycles. The molecule has 0 saturated heterocycles. The lowest BCUT2D eigenvalue weighted by Gasteiger charge is -2.07. The molecule has 3 aromatic heterocycles. The van der Waals surface area contributed by atoms with Gasteiger partial charge in [-0.3, -0.25) is 4.79 Å². The molecule has 0 fully saturated rings. The molecule has 0 bridgehead atoms. The van der Waals surface area contributed by atoms with Crippen LogP contribution in [0.15, 0.2) is 88.0 Å². The third-order valence-electron chi connectivity index (χ3n) is 5.43. The molecule has 0 unspecified atom stereocenters. The number of ether oxygens (including phenoxy) is 1. The molecular weight excluding hydrogens is 523 g/mol. The standard InChI is InChI=1S/C26H23FN8O3S/c1-2-13-34-23(15-35-22-6-4-3-5-21(22)29-33-35)30-32-26(34)39-17-24(36)31-28-14-20-11-12-25(38-20)37-16-18-7-9-19(27)10-8-18/h2-12,14H,1,13,15-17H2,(H,31,36)/b28-14+. The maximum Gasteiger partial charge on any atom is 0.285 e. The number of carbonyl (C=O) groups is 1. The number of hydrogen-bond acceptors (Lipinski definition) is 9. The molecule has 0 saturated carbocycles. The van der Waals surface area contributed by atoms with Crippen LogP contribution in [-0.2, 0) is 24.5 Å². The molecule has 0 aliphatic rings. The first kappa shape index (κ1) is 25.9. The van der Waals surface area contributed by atoms with E-state index in [0.29, 0.717) is 29.8 Å². The summed E-state index contributed by atoms with van der Waals surface area (Å²) in [6.45, 7) is 4.88. The largest absolute Gasteiger partial charge is 0.460 e. The molecule has 198 valence electrons. The van der Waals surface area contributed by atoms with Gasteiger partial charge in [0.05, 0.1) is 17.5 Å². The number of hydrazone groups is 1. The van der Waals surface area contributed by atoms with Gasteiger partial charge in [0, 0.05) is 12.6 Å². The molecule has 0 spiro atoms. The zero-order valence-electron chi connectivity index (χ0n) is 20.6. The van der Waals surface area contributed by atoms with Crippen molar-refractivity contribution >= 4 is 34.9 Å². The lowest BCUT2D eigenvalue weighted by atomic mass is 10.2. The molecule has 2 aromatic carbocycles. The van der Waals surface area contributed by atoms with Crippen LogP contribution in [0.3, 0.4) is 0 Å². The number of carbonyl (C=O) groups excluding carboxylic acids is 1. The second kappa shape index (κ2) is 12.2. The van der Waals surface area contributed by atoms with Crippen molar-refractivity contribution in [2.24, 2.45) is 5.10 Å². The number of rotatable bonds is 12. The molecule has 1 N–H and O–H groups in total. The second-order valence-electron chi connectivity index (χ2n) is 8.19. The zero-order chi connectivity index (χ0) is 27.0. The lowest BCUT2D eigenvalue weighted by molar-refractivity contribution is -0.118. The van der Waals surface area contributed by atoms with Crippen LogP contribution in [0.5, 0.6) is 5.95 Å². The number of halogens is 1. The van der Waals surface area contributed by atoms with E-state index in [-0.39, 0.29) is 30.0 Å². The summed E-state index contributed by atoms with van der Waals surface area (Å²) in [4.78, 5) is 12.3. The van der Waals surface area contributed by atoms with Gasteiger partial charge in [-0.1, -0.05) is 47.3 Å². The van der Waals surface area contributed by atoms with Gasteiger partial charge in [0.15, 0.2) is 16.7 Å². The number of furan rings is 1. The Balaban J connectivity index is 1.12. The second-order valence-corrected chi connectivity index (χ2v) is 9.13. The fourth-order valence-electron chi connectivity index (χ4n) is 3.57. The Hall–Kier alpha value is -4.78. The molecule has 0 atom stereocenters. The van der Waals surface area contributed by atoms with Crippen molar-refractivity contribution in [3.05, 3.63) is 96.3 Å². The minimum atomic E-state index is -0.326. The summed E-state index contributed by atoms with van der Waals surface area (Å²) in [7, 11) is 0. The number of nitrogens with zero attached hydrogens (tertiary/aromatic N) is 7. The van der Waals surface area contributed by atoms with Crippen molar-refractivity contribution in [3.8, 4) is 5.95 Å². The van der Waals surface area contributed by atoms with Gasteiger partial charge in [-0.05, 0) is 35.9 Å². The monoisotopic (exact) mass is 546 g/mol. The molecule has 11 nitrogen and oxygen atoms in total. The maximum absolute atomic E-state index is 13.0. The summed E-state index contributed by atoms with van der Waals surface area (Å²) in [5.41, 5.74) is 4.95. The van der Waals surface area contributed by atoms with Crippen molar-refractivity contribution < 1.29 is 18.3 Å². The van der Waals surface area contributed by atoms with Crippen LogP contribution in [-0.4, -0.2) is 47.6 Å². The van der Waals surface area contributed by atoms with Crippen molar-refractivity contribution in [2.75, 3.05) is 5.75 Å². The van der Waals surface area contributed by atoms with Gasteiger partial charge in [-0.25, -0.2) is 14.5 Å². The van der Waals surface area contributed by atoms with E-state index in [4.69, 9.17) is 9.15 Å². The van der Waals surface area contributed by atoms with Gasteiger partial charge in [-0.2, -0.15) is 5.10 Å². The number of para-hydroxylation sites is 1. The topological polar surface area (TPSA) is 125 Å². The smallest absolute Gasteiger partial charge is 0.285 e. The van der Waals surface area contributed by atoms with Gasteiger partial charge in [0.2, 0.25) is 0 Å². The number of nitrogens with one attached hydrogen (secondary N) is 1. The number of allylic oxidation sites excluding steroid dienone is 1. The summed E-state index contributed by atoms with van der Waals surface area (Å²) in [5.74, 6) is 0.778. The maximum atomic E-state index is 13.0. The van der Waals surface area contributed by atoms with Crippen molar-refractivity contribution in [2.45, 2.75) is 24.9 Å². The number of fused-ring (bicyclic) bond motifs is 1. The molecule has 0 radical (unpaired) electrons. The average molecular weight is 547 g/mol. The van der Waals surface area contributed by atoms with Crippen LogP contribution in [0.2, 0.25) is 0 Å². The van der Waals surface area contributed by atoms with Crippen LogP contribution in [0.25, 0.3) is 11.0 Å². The highest BCUT2D eigenvalue weighted by Gasteiger charge is 2.15. The highest BCUT2D eigenvalue weighted by Crippen LogP contribution is 2.19. The summed E-state index contributed by atoms with van der Waals surface area (Å²) in [5, 5.41) is 21.4. The molecule has 5 rings (SSSR count). The Bertz CT molecular complexity index is 1610. The van der Waals surface area contributed by atoms with E-state index in [1.54, 1.807) is 35.0 Å². The van der Waals surface area contributed by atoms with Crippen LogP contribution in [0.1, 0.15) is 17.1 Å². The number of thioether (sulfide) groups is 1. The number of hydrogen-bond donors (Lipinski definition) is 1. The summed E-state index contributed by atoms with van der Waals surface area (Å²) < 4.78 is 27.7. The minimum Gasteiger partial charge on any atom is -0.460 e. The number of benzene rings is 2. The normalized spacial score (nSPS) is 11.3. The van der Waals surface area contributed by atoms with Crippen molar-refractivity contribution in [1.29, 1.82) is 0 Å². The Morgan fingerprint density at radius 2 is 1.97 bits per heavy atom. The van der Waals surface area contributed by atoms with E-state index >= 15 is 0 Å². The third kappa shape index (κ3) is 6.57. The van der Waals surface area contributed by atoms with Crippen molar-refractivity contribution in [1.82, 2.24) is 35.2 Å². The predicted octanol–water partition coefficient (Wildman–Crippen LogP) is 3.81. The van der Waals surface area contributed by atoms with E-state index < -0.39 is 0 Å². The Morgan fingerprint density at radius 3 is 2.82 bits per heavy atom. The SMILES string of the molecule is C=CCn1c(Cn2nnc3ccccc32)nnc1SCC(=O)N/N=C/c1ccc(OCc2ccc(F)cc2)o1. The van der Waals surface area contributed by atoms with Crippen molar-refractivity contribution in [3.63, 3.8) is 0 Å². The molecule has 5 aromatic rings. The molecular formula is C26H23FN8O3S. The fraction of sp³-hybridized carbons (Fsp3) is 0.154. The zero-order valence-corrected chi connectivity index (χ0v) is 21.4. The molecule has 39 heavy (non-hydrogen) atoms. The highest BCUT2D eigenvalue weighted by molar-refractivity contribution is 7.99. The van der Waals surface area contributed by atoms with Gasteiger partial charge in [-0.15, -0.1) is 21.9 Å². The van der Waals surface area contributed by atoms with Gasteiger partial charge in [0.25, 0.3) is 11.9 Å². The van der Waals surface area contributed by atoms with Crippen LogP contribution >= 0.6 is 11.8 Å². The Labute approximate surface area is 226 Å². The first-order valence-corrected chi connectivity index (χ1v) is 12.8. The lowest BCUT2D eigenvalue weighted by Crippen LogP contribution is -2.20. The van der Waals surface area contributed by atoms with E-state index in [2.05, 4.69) is 37.6 Å². The summed E-state index contributed by atoms with van der Waals surface area (Å²) in [6.07, 6.45) is 3.11. The molecule has 1 amide bonds. The van der Waals surface area contributed by atoms with Gasteiger partial charge < -0.3 is 13.7 Å². The molecule has 13 heteroatoms. The van der Waals surface area contributed by atoms with Crippen LogP contribution < -0.4 is 10.2 Å². The van der Waals surface area contributed by atoms with Gasteiger partial charge in [0.1, 0.15) is 24.5 Å². The molecule has 3 heterocycles. The predicted molar refractivity (Wildman–Crippen MR) is 143 cm³/mol. The quantitative estimate of drug-likeness (QED) is 0.108. The highest BCUT2D eigenvalue weighted by atomic mass is 32.2. The first-order chi connectivity index (χ1) is 19.1. The Morgan fingerprint density at radius 1 is 1.13 bits per heavy atom. The van der Waals surface area contributed by atoms with Gasteiger partial charge >= 0.3 is 0 Å². The molecule has 0 aliphatic carbocycles. The fourth-order valence-corrected chi connectivity index (χ4v) is 4.33. The van der Waals surface area contributed by atoms with E-state index in [0.717, 1.165) is 16.6 Å². The first-order valence-electron chi connectivity index (χ1n) is 11.8. The van der Waals surface area contributed by atoms with E-state index in [1.165, 1.54) is 30.1 Å². The average Bonchev–Trinajstić information content (AvgIpc) is 3.67. The summed E-state index contributed by atoms with van der Waals surface area (Å²) in [6, 6.07) is 16.9. The van der Waals surface area contributed by atoms with E-state index in [9.17, 15) is 9.18 Å². The van der Waals surface area contributed by atoms with Crippen LogP contribution in [0.4, 0.5) is 4.39 Å². The van der Waals surface area contributed by atoms with E-state index in [1.807, 2.05) is 28.8 Å². The minimum absolute atomic E-state index is 0.0725. The van der Waals surface area contributed by atoms with Crippen LogP contribution in [0, 0.1) is 5.82 Å².